The maximum atomic E-state index is 12.4. The van der Waals surface area contributed by atoms with Gasteiger partial charge in [0.1, 0.15) is 0 Å². The van der Waals surface area contributed by atoms with Gasteiger partial charge in [-0.05, 0) is 45.7 Å². The maximum Gasteiger partial charge on any atom is 0.242 e. The average molecular weight is 372 g/mol. The molecule has 1 aromatic heterocycles. The quantitative estimate of drug-likeness (QED) is 0.554. The molecule has 0 aliphatic heterocycles. The monoisotopic (exact) mass is 371 g/mol. The van der Waals surface area contributed by atoms with Gasteiger partial charge >= 0.3 is 0 Å². The molecule has 0 saturated heterocycles. The highest BCUT2D eigenvalue weighted by Crippen LogP contribution is 2.22. The molecular formula is C21H33N5O. The molecule has 0 radical (unpaired) electrons. The molecule has 0 unspecified atom stereocenters. The number of guanidine groups is 1. The van der Waals surface area contributed by atoms with E-state index in [-0.39, 0.29) is 5.91 Å². The molecule has 1 heterocycles. The normalized spacial score (nSPS) is 11.7. The van der Waals surface area contributed by atoms with Crippen LogP contribution < -0.4 is 5.32 Å². The SMILES string of the molecule is CCNC(=NCCc1c(C)[nH]c2ccccc12)N(C)CC(=O)N(CC)CC. The van der Waals surface area contributed by atoms with E-state index in [4.69, 9.17) is 4.99 Å². The number of aryl methyl sites for hydroxylation is 1. The number of amides is 1. The molecule has 0 saturated carbocycles. The van der Waals surface area contributed by atoms with Gasteiger partial charge in [-0.3, -0.25) is 9.79 Å². The Labute approximate surface area is 162 Å². The van der Waals surface area contributed by atoms with Gasteiger partial charge in [0, 0.05) is 49.8 Å². The Morgan fingerprint density at radius 2 is 1.89 bits per heavy atom. The molecule has 148 valence electrons. The first-order chi connectivity index (χ1) is 13.0. The second kappa shape index (κ2) is 10.00. The predicted octanol–water partition coefficient (Wildman–Crippen LogP) is 2.78. The van der Waals surface area contributed by atoms with Crippen LogP contribution in [-0.2, 0) is 11.2 Å². The Kier molecular flexibility index (Phi) is 7.70. The number of carbonyl (C=O) groups excluding carboxylic acids is 1. The van der Waals surface area contributed by atoms with Crippen molar-refractivity contribution in [3.8, 4) is 0 Å². The van der Waals surface area contributed by atoms with Crippen LogP contribution in [0.5, 0.6) is 0 Å². The number of para-hydroxylation sites is 1. The molecule has 0 spiro atoms. The third-order valence-electron chi connectivity index (χ3n) is 4.84. The highest BCUT2D eigenvalue weighted by Gasteiger charge is 2.15. The second-order valence-electron chi connectivity index (χ2n) is 6.68. The number of benzene rings is 1. The molecule has 1 amide bonds. The number of nitrogens with zero attached hydrogens (tertiary/aromatic N) is 3. The molecule has 6 nitrogen and oxygen atoms in total. The zero-order valence-electron chi connectivity index (χ0n) is 17.3. The van der Waals surface area contributed by atoms with Crippen LogP contribution >= 0.6 is 0 Å². The Bertz CT molecular complexity index is 776. The first-order valence-electron chi connectivity index (χ1n) is 9.85. The number of aromatic amines is 1. The molecule has 27 heavy (non-hydrogen) atoms. The number of aromatic nitrogens is 1. The molecule has 6 heteroatoms. The number of likely N-dealkylation sites (N-methyl/N-ethyl adjacent to an activating group) is 2. The molecule has 0 fully saturated rings. The highest BCUT2D eigenvalue weighted by molar-refractivity contribution is 5.87. The van der Waals surface area contributed by atoms with E-state index in [2.05, 4.69) is 35.4 Å². The van der Waals surface area contributed by atoms with Gasteiger partial charge in [-0.25, -0.2) is 0 Å². The lowest BCUT2D eigenvalue weighted by molar-refractivity contribution is -0.131. The van der Waals surface area contributed by atoms with E-state index in [9.17, 15) is 4.79 Å². The number of rotatable bonds is 8. The first-order valence-corrected chi connectivity index (χ1v) is 9.85. The van der Waals surface area contributed by atoms with Gasteiger partial charge in [-0.15, -0.1) is 0 Å². The van der Waals surface area contributed by atoms with E-state index < -0.39 is 0 Å². The van der Waals surface area contributed by atoms with Gasteiger partial charge in [0.2, 0.25) is 5.91 Å². The number of H-pyrrole nitrogens is 1. The van der Waals surface area contributed by atoms with Gasteiger partial charge in [0.15, 0.2) is 5.96 Å². The predicted molar refractivity (Wildman–Crippen MR) is 113 cm³/mol. The van der Waals surface area contributed by atoms with Crippen LogP contribution in [0.3, 0.4) is 0 Å². The smallest absolute Gasteiger partial charge is 0.242 e. The summed E-state index contributed by atoms with van der Waals surface area (Å²) in [4.78, 5) is 24.3. The lowest BCUT2D eigenvalue weighted by Gasteiger charge is -2.25. The number of aliphatic imine (C=N–C) groups is 1. The van der Waals surface area contributed by atoms with Crippen molar-refractivity contribution >= 4 is 22.8 Å². The highest BCUT2D eigenvalue weighted by atomic mass is 16.2. The Morgan fingerprint density at radius 1 is 1.19 bits per heavy atom. The van der Waals surface area contributed by atoms with Gasteiger partial charge in [0.25, 0.3) is 0 Å². The van der Waals surface area contributed by atoms with Crippen molar-refractivity contribution in [3.63, 3.8) is 0 Å². The van der Waals surface area contributed by atoms with Crippen LogP contribution in [0.15, 0.2) is 29.3 Å². The number of hydrogen-bond donors (Lipinski definition) is 2. The lowest BCUT2D eigenvalue weighted by Crippen LogP contribution is -2.45. The zero-order valence-corrected chi connectivity index (χ0v) is 17.3. The zero-order chi connectivity index (χ0) is 19.8. The molecule has 0 aliphatic rings. The molecule has 2 rings (SSSR count). The summed E-state index contributed by atoms with van der Waals surface area (Å²) in [5.41, 5.74) is 3.68. The van der Waals surface area contributed by atoms with Gasteiger partial charge in [-0.2, -0.15) is 0 Å². The first kappa shape index (κ1) is 20.8. The summed E-state index contributed by atoms with van der Waals surface area (Å²) in [5.74, 6) is 0.899. The summed E-state index contributed by atoms with van der Waals surface area (Å²) in [6, 6.07) is 8.37. The van der Waals surface area contributed by atoms with E-state index in [1.807, 2.05) is 43.7 Å². The molecule has 0 aliphatic carbocycles. The summed E-state index contributed by atoms with van der Waals surface area (Å²) in [6.07, 6.45) is 0.864. The number of carbonyl (C=O) groups is 1. The summed E-state index contributed by atoms with van der Waals surface area (Å²) in [7, 11) is 1.92. The topological polar surface area (TPSA) is 63.7 Å². The van der Waals surface area contributed by atoms with E-state index in [1.54, 1.807) is 0 Å². The Hall–Kier alpha value is -2.50. The molecule has 0 atom stereocenters. The average Bonchev–Trinajstić information content (AvgIpc) is 2.97. The third-order valence-corrected chi connectivity index (χ3v) is 4.84. The van der Waals surface area contributed by atoms with Crippen molar-refractivity contribution in [2.24, 2.45) is 4.99 Å². The van der Waals surface area contributed by atoms with Gasteiger partial charge in [-0.1, -0.05) is 18.2 Å². The molecular weight excluding hydrogens is 338 g/mol. The fourth-order valence-electron chi connectivity index (χ4n) is 3.35. The van der Waals surface area contributed by atoms with Crippen molar-refractivity contribution in [2.45, 2.75) is 34.1 Å². The number of nitrogens with one attached hydrogen (secondary N) is 2. The Morgan fingerprint density at radius 3 is 2.56 bits per heavy atom. The van der Waals surface area contributed by atoms with Crippen LogP contribution in [0.25, 0.3) is 10.9 Å². The summed E-state index contributed by atoms with van der Waals surface area (Å²) < 4.78 is 0. The second-order valence-corrected chi connectivity index (χ2v) is 6.68. The fraction of sp³-hybridized carbons (Fsp3) is 0.524. The van der Waals surface area contributed by atoms with E-state index in [0.29, 0.717) is 13.1 Å². The van der Waals surface area contributed by atoms with Crippen LogP contribution in [0.2, 0.25) is 0 Å². The van der Waals surface area contributed by atoms with Crippen LogP contribution in [0.1, 0.15) is 32.0 Å². The van der Waals surface area contributed by atoms with Gasteiger partial charge < -0.3 is 20.1 Å². The minimum absolute atomic E-state index is 0.126. The van der Waals surface area contributed by atoms with Crippen molar-refractivity contribution in [2.75, 3.05) is 39.8 Å². The molecule has 1 aromatic carbocycles. The summed E-state index contributed by atoms with van der Waals surface area (Å²) in [6.45, 7) is 11.4. The summed E-state index contributed by atoms with van der Waals surface area (Å²) >= 11 is 0. The van der Waals surface area contributed by atoms with Crippen LogP contribution in [0, 0.1) is 6.92 Å². The molecule has 2 N–H and O–H groups in total. The number of hydrogen-bond acceptors (Lipinski definition) is 2. The van der Waals surface area contributed by atoms with E-state index >= 15 is 0 Å². The lowest BCUT2D eigenvalue weighted by atomic mass is 10.1. The minimum atomic E-state index is 0.126. The van der Waals surface area contributed by atoms with Crippen molar-refractivity contribution in [1.29, 1.82) is 0 Å². The van der Waals surface area contributed by atoms with Crippen molar-refractivity contribution < 1.29 is 4.79 Å². The van der Waals surface area contributed by atoms with Gasteiger partial charge in [0.05, 0.1) is 6.54 Å². The van der Waals surface area contributed by atoms with Crippen molar-refractivity contribution in [1.82, 2.24) is 20.1 Å². The molecule has 0 bridgehead atoms. The third kappa shape index (κ3) is 5.25. The number of fused-ring (bicyclic) bond motifs is 1. The Balaban J connectivity index is 2.06. The molecule has 2 aromatic rings. The van der Waals surface area contributed by atoms with Crippen LogP contribution in [0.4, 0.5) is 0 Å². The van der Waals surface area contributed by atoms with E-state index in [0.717, 1.165) is 32.0 Å². The van der Waals surface area contributed by atoms with Crippen LogP contribution in [-0.4, -0.2) is 66.4 Å². The van der Waals surface area contributed by atoms with Crippen molar-refractivity contribution in [3.05, 3.63) is 35.5 Å². The standard InChI is InChI=1S/C21H33N5O/c1-6-22-21(25(5)15-20(27)26(7-2)8-3)23-14-13-17-16(4)24-19-12-10-9-11-18(17)19/h9-12,24H,6-8,13-15H2,1-5H3,(H,22,23). The largest absolute Gasteiger partial charge is 0.358 e. The summed E-state index contributed by atoms with van der Waals surface area (Å²) in [5, 5.41) is 4.56. The fourth-order valence-corrected chi connectivity index (χ4v) is 3.35. The van der Waals surface area contributed by atoms with E-state index in [1.165, 1.54) is 22.2 Å². The minimum Gasteiger partial charge on any atom is -0.358 e. The maximum absolute atomic E-state index is 12.4.